The van der Waals surface area contributed by atoms with Gasteiger partial charge in [0.05, 0.1) is 5.69 Å². The fourth-order valence-electron chi connectivity index (χ4n) is 1.46. The number of aliphatic imine (C=N–C) groups is 1. The van der Waals surface area contributed by atoms with Gasteiger partial charge in [0.1, 0.15) is 5.78 Å². The van der Waals surface area contributed by atoms with Gasteiger partial charge in [-0.3, -0.25) is 9.79 Å². The number of hydrogen-bond donors (Lipinski definition) is 0. The Morgan fingerprint density at radius 3 is 2.53 bits per heavy atom. The molecule has 0 aromatic heterocycles. The smallest absolute Gasteiger partial charge is 0.135 e. The van der Waals surface area contributed by atoms with Crippen LogP contribution in [0.3, 0.4) is 0 Å². The largest absolute Gasteiger partial charge is 0.300 e. The molecule has 0 heterocycles. The molecule has 0 saturated heterocycles. The van der Waals surface area contributed by atoms with E-state index in [4.69, 9.17) is 0 Å². The van der Waals surface area contributed by atoms with E-state index in [0.717, 1.165) is 11.4 Å². The summed E-state index contributed by atoms with van der Waals surface area (Å²) in [5, 5.41) is 0. The lowest BCUT2D eigenvalue weighted by Crippen LogP contribution is -1.99. The molecule has 1 aromatic carbocycles. The summed E-state index contributed by atoms with van der Waals surface area (Å²) >= 11 is 0. The molecule has 2 nitrogen and oxygen atoms in total. The molecule has 0 fully saturated rings. The highest BCUT2D eigenvalue weighted by Gasteiger charge is 2.01. The first-order valence-electron chi connectivity index (χ1n) is 5.10. The highest BCUT2D eigenvalue weighted by Crippen LogP contribution is 2.21. The Kier molecular flexibility index (Phi) is 3.78. The van der Waals surface area contributed by atoms with Crippen molar-refractivity contribution in [3.8, 4) is 0 Å². The zero-order valence-corrected chi connectivity index (χ0v) is 9.79. The summed E-state index contributed by atoms with van der Waals surface area (Å²) in [6.45, 7) is 7.59. The second-order valence-corrected chi connectivity index (χ2v) is 3.94. The summed E-state index contributed by atoms with van der Waals surface area (Å²) in [4.78, 5) is 15.4. The Morgan fingerprint density at radius 2 is 1.93 bits per heavy atom. The maximum atomic E-state index is 10.9. The van der Waals surface area contributed by atoms with Gasteiger partial charge in [0, 0.05) is 12.1 Å². The summed E-state index contributed by atoms with van der Waals surface area (Å²) in [6.07, 6.45) is 0.438. The minimum absolute atomic E-state index is 0.154. The van der Waals surface area contributed by atoms with E-state index in [1.807, 2.05) is 19.1 Å². The van der Waals surface area contributed by atoms with Crippen LogP contribution in [0, 0.1) is 13.8 Å². The van der Waals surface area contributed by atoms with Crippen molar-refractivity contribution < 1.29 is 4.79 Å². The van der Waals surface area contributed by atoms with Crippen molar-refractivity contribution in [3.63, 3.8) is 0 Å². The molecule has 1 rings (SSSR count). The van der Waals surface area contributed by atoms with Crippen LogP contribution < -0.4 is 0 Å². The van der Waals surface area contributed by atoms with E-state index in [1.54, 1.807) is 6.92 Å². The van der Waals surface area contributed by atoms with Crippen molar-refractivity contribution in [2.45, 2.75) is 34.1 Å². The van der Waals surface area contributed by atoms with E-state index in [2.05, 4.69) is 24.9 Å². The predicted octanol–water partition coefficient (Wildman–Crippen LogP) is 3.37. The molecule has 0 amide bonds. The second kappa shape index (κ2) is 4.87. The van der Waals surface area contributed by atoms with E-state index < -0.39 is 0 Å². The molecule has 1 aromatic rings. The Labute approximate surface area is 91.0 Å². The second-order valence-electron chi connectivity index (χ2n) is 3.94. The highest BCUT2D eigenvalue weighted by molar-refractivity contribution is 6.00. The predicted molar refractivity (Wildman–Crippen MR) is 64.0 cm³/mol. The molecule has 0 unspecified atom stereocenters. The van der Waals surface area contributed by atoms with Gasteiger partial charge in [-0.05, 0) is 44.9 Å². The Balaban J connectivity index is 2.97. The van der Waals surface area contributed by atoms with Gasteiger partial charge in [0.2, 0.25) is 0 Å². The number of aryl methyl sites for hydroxylation is 1. The van der Waals surface area contributed by atoms with Gasteiger partial charge >= 0.3 is 0 Å². The molecule has 0 spiro atoms. The van der Waals surface area contributed by atoms with Gasteiger partial charge < -0.3 is 0 Å². The van der Waals surface area contributed by atoms with Crippen molar-refractivity contribution in [1.82, 2.24) is 0 Å². The third-order valence-electron chi connectivity index (χ3n) is 2.39. The monoisotopic (exact) mass is 203 g/mol. The molecular formula is C13H17NO. The lowest BCUT2D eigenvalue weighted by atomic mass is 10.1. The van der Waals surface area contributed by atoms with E-state index >= 15 is 0 Å². The van der Waals surface area contributed by atoms with E-state index in [-0.39, 0.29) is 5.78 Å². The van der Waals surface area contributed by atoms with Crippen LogP contribution in [0.25, 0.3) is 0 Å². The minimum Gasteiger partial charge on any atom is -0.300 e. The third kappa shape index (κ3) is 3.31. The standard InChI is InChI=1S/C13H17NO/c1-9-6-5-7-13(12(9)4)14-10(2)8-11(3)15/h5-7H,8H2,1-4H3. The van der Waals surface area contributed by atoms with Crippen molar-refractivity contribution in [2.24, 2.45) is 4.99 Å². The van der Waals surface area contributed by atoms with E-state index in [1.165, 1.54) is 11.1 Å². The van der Waals surface area contributed by atoms with E-state index in [0.29, 0.717) is 6.42 Å². The molecule has 2 heteroatoms. The molecule has 0 radical (unpaired) electrons. The van der Waals surface area contributed by atoms with Gasteiger partial charge in [-0.15, -0.1) is 0 Å². The molecular weight excluding hydrogens is 186 g/mol. The lowest BCUT2D eigenvalue weighted by molar-refractivity contribution is -0.115. The van der Waals surface area contributed by atoms with Crippen LogP contribution in [-0.4, -0.2) is 11.5 Å². The molecule has 0 bridgehead atoms. The van der Waals surface area contributed by atoms with Crippen LogP contribution in [-0.2, 0) is 4.79 Å². The normalized spacial score (nSPS) is 11.6. The number of nitrogens with zero attached hydrogens (tertiary/aromatic N) is 1. The lowest BCUT2D eigenvalue weighted by Gasteiger charge is -2.04. The van der Waals surface area contributed by atoms with Gasteiger partial charge in [0.25, 0.3) is 0 Å². The van der Waals surface area contributed by atoms with Crippen molar-refractivity contribution in [2.75, 3.05) is 0 Å². The Morgan fingerprint density at radius 1 is 1.27 bits per heavy atom. The zero-order valence-electron chi connectivity index (χ0n) is 9.79. The van der Waals surface area contributed by atoms with Crippen LogP contribution >= 0.6 is 0 Å². The number of Topliss-reactive ketones (excluding diaryl/α,β-unsaturated/α-hetero) is 1. The summed E-state index contributed by atoms with van der Waals surface area (Å²) in [5.41, 5.74) is 4.25. The van der Waals surface area contributed by atoms with Gasteiger partial charge in [-0.1, -0.05) is 12.1 Å². The van der Waals surface area contributed by atoms with Crippen LogP contribution in [0.15, 0.2) is 23.2 Å². The Hall–Kier alpha value is -1.44. The third-order valence-corrected chi connectivity index (χ3v) is 2.39. The van der Waals surface area contributed by atoms with Crippen LogP contribution in [0.4, 0.5) is 5.69 Å². The molecule has 0 atom stereocenters. The van der Waals surface area contributed by atoms with Crippen molar-refractivity contribution in [1.29, 1.82) is 0 Å². The molecule has 15 heavy (non-hydrogen) atoms. The quantitative estimate of drug-likeness (QED) is 0.692. The molecule has 0 saturated carbocycles. The van der Waals surface area contributed by atoms with Gasteiger partial charge in [0.15, 0.2) is 0 Å². The SMILES string of the molecule is CC(=O)CC(C)=Nc1cccc(C)c1C. The van der Waals surface area contributed by atoms with Crippen molar-refractivity contribution >= 4 is 17.2 Å². The fraction of sp³-hybridized carbons (Fsp3) is 0.385. The number of carbonyl (C=O) groups is 1. The number of benzene rings is 1. The number of hydrogen-bond acceptors (Lipinski definition) is 2. The molecule has 0 aliphatic heterocycles. The van der Waals surface area contributed by atoms with E-state index in [9.17, 15) is 4.79 Å². The average molecular weight is 203 g/mol. The van der Waals surface area contributed by atoms with Crippen LogP contribution in [0.5, 0.6) is 0 Å². The molecule has 0 N–H and O–H groups in total. The number of ketones is 1. The fourth-order valence-corrected chi connectivity index (χ4v) is 1.46. The summed E-state index contributed by atoms with van der Waals surface area (Å²) in [7, 11) is 0. The first kappa shape index (κ1) is 11.6. The summed E-state index contributed by atoms with van der Waals surface area (Å²) in [5.74, 6) is 0.154. The average Bonchev–Trinajstić information content (AvgIpc) is 2.11. The maximum Gasteiger partial charge on any atom is 0.135 e. The van der Waals surface area contributed by atoms with Gasteiger partial charge in [-0.2, -0.15) is 0 Å². The summed E-state index contributed by atoms with van der Waals surface area (Å²) in [6, 6.07) is 6.03. The first-order chi connectivity index (χ1) is 7.00. The highest BCUT2D eigenvalue weighted by atomic mass is 16.1. The van der Waals surface area contributed by atoms with Crippen LogP contribution in [0.2, 0.25) is 0 Å². The van der Waals surface area contributed by atoms with Crippen LogP contribution in [0.1, 0.15) is 31.4 Å². The topological polar surface area (TPSA) is 29.4 Å². The maximum absolute atomic E-state index is 10.9. The Bertz CT molecular complexity index is 405. The molecule has 0 aliphatic carbocycles. The van der Waals surface area contributed by atoms with Gasteiger partial charge in [-0.25, -0.2) is 0 Å². The molecule has 80 valence electrons. The minimum atomic E-state index is 0.154. The molecule has 0 aliphatic rings. The number of carbonyl (C=O) groups excluding carboxylic acids is 1. The zero-order chi connectivity index (χ0) is 11.4. The van der Waals surface area contributed by atoms with Crippen molar-refractivity contribution in [3.05, 3.63) is 29.3 Å². The first-order valence-corrected chi connectivity index (χ1v) is 5.10. The number of rotatable bonds is 3. The summed E-state index contributed by atoms with van der Waals surface area (Å²) < 4.78 is 0.